The summed E-state index contributed by atoms with van der Waals surface area (Å²) in [6.45, 7) is 3.03. The van der Waals surface area contributed by atoms with Gasteiger partial charge in [-0.25, -0.2) is 4.79 Å². The number of aromatic carboxylic acids is 1. The molecule has 0 unspecified atom stereocenters. The molecule has 1 aromatic carbocycles. The first-order valence-corrected chi connectivity index (χ1v) is 8.43. The SMILES string of the molecule is O=C(O)c1ccc(C(=O)N2CCSC3(CCOCC3)C2)cc1. The summed E-state index contributed by atoms with van der Waals surface area (Å²) in [5, 5.41) is 8.92. The second kappa shape index (κ2) is 6.30. The van der Waals surface area contributed by atoms with E-state index in [-0.39, 0.29) is 16.2 Å². The lowest BCUT2D eigenvalue weighted by atomic mass is 9.97. The molecule has 0 aliphatic carbocycles. The molecule has 1 spiro atoms. The van der Waals surface area contributed by atoms with Gasteiger partial charge in [-0.15, -0.1) is 0 Å². The van der Waals surface area contributed by atoms with Gasteiger partial charge in [-0.2, -0.15) is 11.8 Å². The van der Waals surface area contributed by atoms with Gasteiger partial charge in [0.1, 0.15) is 0 Å². The Morgan fingerprint density at radius 3 is 2.41 bits per heavy atom. The van der Waals surface area contributed by atoms with E-state index in [1.54, 1.807) is 12.1 Å². The van der Waals surface area contributed by atoms with Crippen LogP contribution in [0.2, 0.25) is 0 Å². The van der Waals surface area contributed by atoms with Crippen LogP contribution in [-0.2, 0) is 4.74 Å². The zero-order valence-corrected chi connectivity index (χ0v) is 13.1. The molecule has 2 fully saturated rings. The van der Waals surface area contributed by atoms with Crippen molar-refractivity contribution in [2.24, 2.45) is 0 Å². The third kappa shape index (κ3) is 3.13. The van der Waals surface area contributed by atoms with Gasteiger partial charge in [0.05, 0.1) is 5.56 Å². The molecule has 2 heterocycles. The topological polar surface area (TPSA) is 66.8 Å². The van der Waals surface area contributed by atoms with Crippen LogP contribution in [-0.4, -0.2) is 58.7 Å². The first-order valence-electron chi connectivity index (χ1n) is 7.44. The molecule has 1 N–H and O–H groups in total. The molecular weight excluding hydrogens is 302 g/mol. The van der Waals surface area contributed by atoms with E-state index in [0.717, 1.165) is 44.9 Å². The maximum absolute atomic E-state index is 12.6. The van der Waals surface area contributed by atoms with E-state index in [1.807, 2.05) is 16.7 Å². The molecular formula is C16H19NO4S. The van der Waals surface area contributed by atoms with Gasteiger partial charge in [0.15, 0.2) is 0 Å². The predicted octanol–water partition coefficient (Wildman–Crippen LogP) is 2.12. The number of carboxylic acid groups (broad SMARTS) is 1. The molecule has 22 heavy (non-hydrogen) atoms. The lowest BCUT2D eigenvalue weighted by molar-refractivity contribution is 0.0536. The summed E-state index contributed by atoms with van der Waals surface area (Å²) in [6, 6.07) is 6.17. The number of benzene rings is 1. The molecule has 1 aromatic rings. The highest BCUT2D eigenvalue weighted by molar-refractivity contribution is 8.00. The number of carbonyl (C=O) groups is 2. The Balaban J connectivity index is 1.72. The fourth-order valence-corrected chi connectivity index (χ4v) is 4.45. The van der Waals surface area contributed by atoms with Crippen LogP contribution in [0.15, 0.2) is 24.3 Å². The van der Waals surface area contributed by atoms with Crippen LogP contribution in [0.5, 0.6) is 0 Å². The number of thioether (sulfide) groups is 1. The van der Waals surface area contributed by atoms with Crippen molar-refractivity contribution < 1.29 is 19.4 Å². The van der Waals surface area contributed by atoms with E-state index in [1.165, 1.54) is 12.1 Å². The monoisotopic (exact) mass is 321 g/mol. The Kier molecular flexibility index (Phi) is 4.40. The summed E-state index contributed by atoms with van der Waals surface area (Å²) in [5.41, 5.74) is 0.755. The first kappa shape index (κ1) is 15.4. The van der Waals surface area contributed by atoms with Crippen molar-refractivity contribution >= 4 is 23.6 Å². The third-order valence-corrected chi connectivity index (χ3v) is 5.85. The summed E-state index contributed by atoms with van der Waals surface area (Å²) in [7, 11) is 0. The third-order valence-electron chi connectivity index (χ3n) is 4.32. The lowest BCUT2D eigenvalue weighted by Crippen LogP contribution is -2.51. The molecule has 2 saturated heterocycles. The van der Waals surface area contributed by atoms with E-state index >= 15 is 0 Å². The van der Waals surface area contributed by atoms with Crippen LogP contribution in [0.25, 0.3) is 0 Å². The number of hydrogen-bond donors (Lipinski definition) is 1. The maximum Gasteiger partial charge on any atom is 0.335 e. The summed E-state index contributed by atoms with van der Waals surface area (Å²) in [5.74, 6) is -0.0449. The molecule has 2 aliphatic rings. The average Bonchev–Trinajstić information content (AvgIpc) is 2.55. The molecule has 1 amide bonds. The minimum absolute atomic E-state index is 0.0110. The van der Waals surface area contributed by atoms with Crippen LogP contribution in [0.4, 0.5) is 0 Å². The van der Waals surface area contributed by atoms with Gasteiger partial charge in [0.2, 0.25) is 0 Å². The highest BCUT2D eigenvalue weighted by atomic mass is 32.2. The average molecular weight is 321 g/mol. The highest BCUT2D eigenvalue weighted by Crippen LogP contribution is 2.39. The number of carboxylic acids is 1. The van der Waals surface area contributed by atoms with Crippen molar-refractivity contribution in [2.45, 2.75) is 17.6 Å². The summed E-state index contributed by atoms with van der Waals surface area (Å²) >= 11 is 1.96. The molecule has 2 aliphatic heterocycles. The van der Waals surface area contributed by atoms with Crippen LogP contribution >= 0.6 is 11.8 Å². The maximum atomic E-state index is 12.6. The van der Waals surface area contributed by atoms with Crippen LogP contribution in [0.3, 0.4) is 0 Å². The molecule has 3 rings (SSSR count). The molecule has 0 bridgehead atoms. The second-order valence-corrected chi connectivity index (χ2v) is 7.32. The van der Waals surface area contributed by atoms with Crippen molar-refractivity contribution in [1.82, 2.24) is 4.90 Å². The minimum Gasteiger partial charge on any atom is -0.478 e. The van der Waals surface area contributed by atoms with E-state index < -0.39 is 5.97 Å². The number of amides is 1. The second-order valence-electron chi connectivity index (χ2n) is 5.75. The highest BCUT2D eigenvalue weighted by Gasteiger charge is 2.39. The quantitative estimate of drug-likeness (QED) is 0.904. The number of carbonyl (C=O) groups excluding carboxylic acids is 1. The van der Waals surface area contributed by atoms with Gasteiger partial charge < -0.3 is 14.7 Å². The molecule has 5 nitrogen and oxygen atoms in total. The molecule has 118 valence electrons. The Morgan fingerprint density at radius 2 is 1.77 bits per heavy atom. The van der Waals surface area contributed by atoms with Gasteiger partial charge >= 0.3 is 5.97 Å². The van der Waals surface area contributed by atoms with Gasteiger partial charge in [-0.05, 0) is 37.1 Å². The smallest absolute Gasteiger partial charge is 0.335 e. The van der Waals surface area contributed by atoms with Crippen LogP contribution < -0.4 is 0 Å². The Labute approximate surface area is 133 Å². The van der Waals surface area contributed by atoms with Crippen molar-refractivity contribution in [3.63, 3.8) is 0 Å². The number of hydrogen-bond acceptors (Lipinski definition) is 4. The largest absolute Gasteiger partial charge is 0.478 e. The minimum atomic E-state index is -0.977. The Morgan fingerprint density at radius 1 is 1.14 bits per heavy atom. The predicted molar refractivity (Wildman–Crippen MR) is 84.5 cm³/mol. The molecule has 0 atom stereocenters. The fraction of sp³-hybridized carbons (Fsp3) is 0.500. The van der Waals surface area contributed by atoms with Gasteiger partial charge in [0, 0.05) is 42.4 Å². The standard InChI is InChI=1S/C16H19NO4S/c18-14(12-1-3-13(4-2-12)15(19)20)17-7-10-22-16(11-17)5-8-21-9-6-16/h1-4H,5-11H2,(H,19,20). The van der Waals surface area contributed by atoms with E-state index in [2.05, 4.69) is 0 Å². The Hall–Kier alpha value is -1.53. The molecule has 0 radical (unpaired) electrons. The van der Waals surface area contributed by atoms with Crippen molar-refractivity contribution in [1.29, 1.82) is 0 Å². The zero-order valence-electron chi connectivity index (χ0n) is 12.3. The molecule has 0 aromatic heterocycles. The van der Waals surface area contributed by atoms with E-state index in [9.17, 15) is 9.59 Å². The summed E-state index contributed by atoms with van der Waals surface area (Å²) < 4.78 is 5.57. The van der Waals surface area contributed by atoms with Crippen molar-refractivity contribution in [3.8, 4) is 0 Å². The van der Waals surface area contributed by atoms with Crippen molar-refractivity contribution in [2.75, 3.05) is 32.1 Å². The van der Waals surface area contributed by atoms with Crippen LogP contribution in [0.1, 0.15) is 33.6 Å². The fourth-order valence-electron chi connectivity index (χ4n) is 3.00. The summed E-state index contributed by atoms with van der Waals surface area (Å²) in [6.07, 6.45) is 1.97. The number of rotatable bonds is 2. The van der Waals surface area contributed by atoms with E-state index in [0.29, 0.717) is 5.56 Å². The molecule has 0 saturated carbocycles. The normalized spacial score (nSPS) is 20.8. The van der Waals surface area contributed by atoms with Gasteiger partial charge in [-0.1, -0.05) is 0 Å². The van der Waals surface area contributed by atoms with Crippen LogP contribution in [0, 0.1) is 0 Å². The van der Waals surface area contributed by atoms with Gasteiger partial charge in [0.25, 0.3) is 5.91 Å². The Bertz CT molecular complexity index is 561. The first-order chi connectivity index (χ1) is 10.6. The number of nitrogens with zero attached hydrogens (tertiary/aromatic N) is 1. The molecule has 6 heteroatoms. The van der Waals surface area contributed by atoms with Crippen molar-refractivity contribution in [3.05, 3.63) is 35.4 Å². The van der Waals surface area contributed by atoms with E-state index in [4.69, 9.17) is 9.84 Å². The zero-order chi connectivity index (χ0) is 15.6. The summed E-state index contributed by atoms with van der Waals surface area (Å²) in [4.78, 5) is 25.4. The van der Waals surface area contributed by atoms with Gasteiger partial charge in [-0.3, -0.25) is 4.79 Å². The number of ether oxygens (including phenoxy) is 1. The lowest BCUT2D eigenvalue weighted by Gasteiger charge is -2.44.